The lowest BCUT2D eigenvalue weighted by Gasteiger charge is -2.29. The van der Waals surface area contributed by atoms with Gasteiger partial charge in [-0.3, -0.25) is 0 Å². The summed E-state index contributed by atoms with van der Waals surface area (Å²) < 4.78 is 10.0. The number of carbonyl (C=O) groups is 1. The summed E-state index contributed by atoms with van der Waals surface area (Å²) >= 11 is 0. The monoisotopic (exact) mass is 279 g/mol. The molecule has 2 atom stereocenters. The van der Waals surface area contributed by atoms with Crippen molar-refractivity contribution < 1.29 is 14.3 Å². The highest BCUT2D eigenvalue weighted by Crippen LogP contribution is 2.26. The third-order valence-corrected chi connectivity index (χ3v) is 3.52. The second-order valence-corrected chi connectivity index (χ2v) is 4.96. The van der Waals surface area contributed by atoms with Crippen molar-refractivity contribution in [1.82, 2.24) is 10.3 Å². The molecular weight excluding hydrogens is 258 g/mol. The Morgan fingerprint density at radius 3 is 2.85 bits per heavy atom. The standard InChI is InChI=1S/C14H21N3O3/c1-9-4-5-10(8-16-9)17-13-12(14(18)20-3)11(19-2)6-7-15-13/h6-7,9-10,16H,4-5,8H2,1-3H3,(H,15,17)/t9-,10-/m1/s1. The lowest BCUT2D eigenvalue weighted by molar-refractivity contribution is 0.0597. The molecule has 6 heteroatoms. The van der Waals surface area contributed by atoms with E-state index < -0.39 is 5.97 Å². The maximum absolute atomic E-state index is 11.9. The molecule has 1 fully saturated rings. The normalized spacial score (nSPS) is 22.1. The molecule has 0 radical (unpaired) electrons. The number of carbonyl (C=O) groups excluding carboxylic acids is 1. The van der Waals surface area contributed by atoms with E-state index in [0.29, 0.717) is 23.2 Å². The van der Waals surface area contributed by atoms with E-state index in [4.69, 9.17) is 9.47 Å². The van der Waals surface area contributed by atoms with E-state index in [-0.39, 0.29) is 6.04 Å². The summed E-state index contributed by atoms with van der Waals surface area (Å²) in [7, 11) is 2.87. The molecule has 20 heavy (non-hydrogen) atoms. The number of aromatic nitrogens is 1. The van der Waals surface area contributed by atoms with Gasteiger partial charge in [0.05, 0.1) is 14.2 Å². The lowest BCUT2D eigenvalue weighted by atomic mass is 10.0. The minimum absolute atomic E-state index is 0.245. The van der Waals surface area contributed by atoms with E-state index in [1.807, 2.05) is 0 Å². The van der Waals surface area contributed by atoms with Crippen molar-refractivity contribution in [2.75, 3.05) is 26.1 Å². The predicted molar refractivity (Wildman–Crippen MR) is 76.2 cm³/mol. The molecule has 1 aromatic rings. The molecule has 2 N–H and O–H groups in total. The summed E-state index contributed by atoms with van der Waals surface area (Å²) in [6.45, 7) is 3.01. The van der Waals surface area contributed by atoms with Gasteiger partial charge in [-0.2, -0.15) is 0 Å². The number of pyridine rings is 1. The Morgan fingerprint density at radius 2 is 2.25 bits per heavy atom. The van der Waals surface area contributed by atoms with E-state index in [1.54, 1.807) is 12.3 Å². The number of ether oxygens (including phenoxy) is 2. The summed E-state index contributed by atoms with van der Waals surface area (Å²) in [5, 5.41) is 6.71. The highest BCUT2D eigenvalue weighted by Gasteiger charge is 2.23. The van der Waals surface area contributed by atoms with Crippen LogP contribution in [0.2, 0.25) is 0 Å². The second-order valence-electron chi connectivity index (χ2n) is 4.96. The van der Waals surface area contributed by atoms with Gasteiger partial charge in [-0.05, 0) is 25.8 Å². The predicted octanol–water partition coefficient (Wildman–Crippen LogP) is 1.43. The Labute approximate surface area is 118 Å². The Kier molecular flexibility index (Phi) is 4.79. The molecule has 0 aromatic carbocycles. The van der Waals surface area contributed by atoms with Gasteiger partial charge in [-0.15, -0.1) is 0 Å². The molecule has 6 nitrogen and oxygen atoms in total. The van der Waals surface area contributed by atoms with E-state index in [2.05, 4.69) is 22.5 Å². The maximum atomic E-state index is 11.9. The quantitative estimate of drug-likeness (QED) is 0.812. The van der Waals surface area contributed by atoms with E-state index >= 15 is 0 Å². The fourth-order valence-corrected chi connectivity index (χ4v) is 2.34. The zero-order valence-corrected chi connectivity index (χ0v) is 12.1. The SMILES string of the molecule is COC(=O)c1c(OC)ccnc1N[C@@H]1CC[C@@H](C)NC1. The summed E-state index contributed by atoms with van der Waals surface area (Å²) in [5.41, 5.74) is 0.344. The Bertz CT molecular complexity index is 471. The minimum Gasteiger partial charge on any atom is -0.496 e. The van der Waals surface area contributed by atoms with Gasteiger partial charge in [0, 0.05) is 24.8 Å². The minimum atomic E-state index is -0.449. The first-order chi connectivity index (χ1) is 9.65. The summed E-state index contributed by atoms with van der Waals surface area (Å²) in [6.07, 6.45) is 3.75. The van der Waals surface area contributed by atoms with Crippen LogP contribution in [0, 0.1) is 0 Å². The lowest BCUT2D eigenvalue weighted by Crippen LogP contribution is -2.43. The molecule has 0 saturated carbocycles. The van der Waals surface area contributed by atoms with Crippen LogP contribution in [0.25, 0.3) is 0 Å². The van der Waals surface area contributed by atoms with Gasteiger partial charge in [0.15, 0.2) is 0 Å². The average molecular weight is 279 g/mol. The molecule has 0 bridgehead atoms. The molecular formula is C14H21N3O3. The number of hydrogen-bond acceptors (Lipinski definition) is 6. The number of nitrogens with zero attached hydrogens (tertiary/aromatic N) is 1. The molecule has 2 heterocycles. The molecule has 0 amide bonds. The number of methoxy groups -OCH3 is 2. The van der Waals surface area contributed by atoms with Crippen molar-refractivity contribution in [2.24, 2.45) is 0 Å². The van der Waals surface area contributed by atoms with Crippen molar-refractivity contribution in [1.29, 1.82) is 0 Å². The Balaban J connectivity index is 2.20. The van der Waals surface area contributed by atoms with Gasteiger partial charge in [-0.1, -0.05) is 0 Å². The molecule has 1 aliphatic heterocycles. The zero-order chi connectivity index (χ0) is 14.5. The van der Waals surface area contributed by atoms with Crippen LogP contribution in [0.1, 0.15) is 30.1 Å². The van der Waals surface area contributed by atoms with Gasteiger partial charge in [0.1, 0.15) is 17.1 Å². The molecule has 0 spiro atoms. The van der Waals surface area contributed by atoms with Gasteiger partial charge in [-0.25, -0.2) is 9.78 Å². The van der Waals surface area contributed by atoms with Crippen molar-refractivity contribution in [2.45, 2.75) is 31.8 Å². The van der Waals surface area contributed by atoms with Crippen LogP contribution >= 0.6 is 0 Å². The summed E-state index contributed by atoms with van der Waals surface area (Å²) in [6, 6.07) is 2.43. The van der Waals surface area contributed by atoms with Gasteiger partial charge in [0.25, 0.3) is 0 Å². The smallest absolute Gasteiger partial charge is 0.345 e. The number of anilines is 1. The zero-order valence-electron chi connectivity index (χ0n) is 12.1. The van der Waals surface area contributed by atoms with Crippen LogP contribution < -0.4 is 15.4 Å². The fraction of sp³-hybridized carbons (Fsp3) is 0.571. The largest absolute Gasteiger partial charge is 0.496 e. The average Bonchev–Trinajstić information content (AvgIpc) is 2.48. The third-order valence-electron chi connectivity index (χ3n) is 3.52. The first kappa shape index (κ1) is 14.6. The Morgan fingerprint density at radius 1 is 1.45 bits per heavy atom. The van der Waals surface area contributed by atoms with Crippen molar-refractivity contribution in [3.8, 4) is 5.75 Å². The number of esters is 1. The summed E-state index contributed by atoms with van der Waals surface area (Å²) in [4.78, 5) is 16.2. The van der Waals surface area contributed by atoms with E-state index in [0.717, 1.165) is 19.4 Å². The van der Waals surface area contributed by atoms with E-state index in [9.17, 15) is 4.79 Å². The highest BCUT2D eigenvalue weighted by atomic mass is 16.5. The molecule has 2 rings (SSSR count). The highest BCUT2D eigenvalue weighted by molar-refractivity contribution is 5.97. The van der Waals surface area contributed by atoms with Crippen LogP contribution in [0.15, 0.2) is 12.3 Å². The van der Waals surface area contributed by atoms with Gasteiger partial charge >= 0.3 is 5.97 Å². The van der Waals surface area contributed by atoms with Crippen LogP contribution in [-0.2, 0) is 4.74 Å². The topological polar surface area (TPSA) is 72.5 Å². The number of nitrogens with one attached hydrogen (secondary N) is 2. The Hall–Kier alpha value is -1.82. The first-order valence-corrected chi connectivity index (χ1v) is 6.77. The van der Waals surface area contributed by atoms with Crippen LogP contribution in [0.3, 0.4) is 0 Å². The van der Waals surface area contributed by atoms with Crippen LogP contribution in [0.5, 0.6) is 5.75 Å². The van der Waals surface area contributed by atoms with Crippen molar-refractivity contribution in [3.63, 3.8) is 0 Å². The van der Waals surface area contributed by atoms with Crippen molar-refractivity contribution in [3.05, 3.63) is 17.8 Å². The maximum Gasteiger partial charge on any atom is 0.345 e. The van der Waals surface area contributed by atoms with Gasteiger partial charge in [0.2, 0.25) is 0 Å². The van der Waals surface area contributed by atoms with Crippen LogP contribution in [-0.4, -0.2) is 43.8 Å². The van der Waals surface area contributed by atoms with Gasteiger partial charge < -0.3 is 20.1 Å². The molecule has 0 unspecified atom stereocenters. The molecule has 110 valence electrons. The number of piperidine rings is 1. The van der Waals surface area contributed by atoms with Crippen molar-refractivity contribution >= 4 is 11.8 Å². The molecule has 1 aromatic heterocycles. The molecule has 1 aliphatic rings. The fourth-order valence-electron chi connectivity index (χ4n) is 2.34. The first-order valence-electron chi connectivity index (χ1n) is 6.77. The molecule has 0 aliphatic carbocycles. The van der Waals surface area contributed by atoms with E-state index in [1.165, 1.54) is 14.2 Å². The second kappa shape index (κ2) is 6.56. The van der Waals surface area contributed by atoms with Crippen LogP contribution in [0.4, 0.5) is 5.82 Å². The molecule has 1 saturated heterocycles. The summed E-state index contributed by atoms with van der Waals surface area (Å²) in [5.74, 6) is 0.527. The number of rotatable bonds is 4. The third kappa shape index (κ3) is 3.19. The number of hydrogen-bond donors (Lipinski definition) is 2.